The van der Waals surface area contributed by atoms with E-state index < -0.39 is 0 Å². The number of benzene rings is 2. The number of piperazine rings is 1. The van der Waals surface area contributed by atoms with Crippen molar-refractivity contribution < 1.29 is 14.3 Å². The molecule has 0 radical (unpaired) electrons. The number of pyridine rings is 1. The van der Waals surface area contributed by atoms with E-state index in [2.05, 4.69) is 31.0 Å². The Morgan fingerprint density at radius 2 is 1.70 bits per heavy atom. The minimum atomic E-state index is 0.0851. The Labute approximate surface area is 234 Å². The highest BCUT2D eigenvalue weighted by Crippen LogP contribution is 2.34. The van der Waals surface area contributed by atoms with Gasteiger partial charge in [0.1, 0.15) is 5.75 Å². The molecule has 2 aliphatic rings. The summed E-state index contributed by atoms with van der Waals surface area (Å²) in [6, 6.07) is 17.8. The molecule has 1 amide bonds. The molecule has 2 fully saturated rings. The van der Waals surface area contributed by atoms with E-state index in [-0.39, 0.29) is 5.91 Å². The van der Waals surface area contributed by atoms with Gasteiger partial charge in [0.25, 0.3) is 5.91 Å². The molecule has 9 heteroatoms. The summed E-state index contributed by atoms with van der Waals surface area (Å²) in [5, 5.41) is 8.43. The van der Waals surface area contributed by atoms with E-state index >= 15 is 0 Å². The van der Waals surface area contributed by atoms with Crippen LogP contribution >= 0.6 is 0 Å². The van der Waals surface area contributed by atoms with Crippen molar-refractivity contribution in [1.29, 1.82) is 0 Å². The summed E-state index contributed by atoms with van der Waals surface area (Å²) in [5.41, 5.74) is 5.02. The molecule has 4 aromatic rings. The molecule has 4 heterocycles. The van der Waals surface area contributed by atoms with Crippen molar-refractivity contribution in [3.05, 3.63) is 66.4 Å². The van der Waals surface area contributed by atoms with Gasteiger partial charge < -0.3 is 14.4 Å². The van der Waals surface area contributed by atoms with Crippen LogP contribution in [0.15, 0.2) is 60.8 Å². The Bertz CT molecular complexity index is 1460. The van der Waals surface area contributed by atoms with Crippen LogP contribution in [0.5, 0.6) is 5.75 Å². The van der Waals surface area contributed by atoms with Crippen LogP contribution < -0.4 is 4.74 Å². The number of morpholine rings is 1. The molecule has 0 unspecified atom stereocenters. The summed E-state index contributed by atoms with van der Waals surface area (Å²) in [6.45, 7) is 9.32. The fourth-order valence-electron chi connectivity index (χ4n) is 5.65. The molecule has 2 aromatic carbocycles. The van der Waals surface area contributed by atoms with Gasteiger partial charge in [0, 0.05) is 67.5 Å². The summed E-state index contributed by atoms with van der Waals surface area (Å²) in [4.78, 5) is 25.0. The molecule has 208 valence electrons. The van der Waals surface area contributed by atoms with Crippen LogP contribution in [0.4, 0.5) is 0 Å². The maximum Gasteiger partial charge on any atom is 0.253 e. The summed E-state index contributed by atoms with van der Waals surface area (Å²) in [5.74, 6) is 0.852. The Morgan fingerprint density at radius 1 is 0.925 bits per heavy atom. The van der Waals surface area contributed by atoms with E-state index in [4.69, 9.17) is 9.47 Å². The molecular formula is C31H36N6O3. The minimum absolute atomic E-state index is 0.0851. The third-order valence-electron chi connectivity index (χ3n) is 7.94. The van der Waals surface area contributed by atoms with Gasteiger partial charge in [-0.25, -0.2) is 4.98 Å². The zero-order chi connectivity index (χ0) is 27.3. The van der Waals surface area contributed by atoms with Crippen molar-refractivity contribution in [3.63, 3.8) is 0 Å². The quantitative estimate of drug-likeness (QED) is 0.364. The van der Waals surface area contributed by atoms with Crippen molar-refractivity contribution in [1.82, 2.24) is 29.9 Å². The van der Waals surface area contributed by atoms with Gasteiger partial charge in [0.2, 0.25) is 0 Å². The lowest BCUT2D eigenvalue weighted by atomic mass is 10.0. The number of fused-ring (bicyclic) bond motifs is 1. The van der Waals surface area contributed by atoms with E-state index in [1.54, 1.807) is 7.11 Å². The number of carbonyl (C=O) groups is 1. The highest BCUT2D eigenvalue weighted by Gasteiger charge is 2.23. The zero-order valence-electron chi connectivity index (χ0n) is 23.0. The molecule has 2 aliphatic heterocycles. The van der Waals surface area contributed by atoms with E-state index in [1.807, 2.05) is 59.6 Å². The van der Waals surface area contributed by atoms with Gasteiger partial charge in [-0.2, -0.15) is 5.10 Å². The van der Waals surface area contributed by atoms with Crippen molar-refractivity contribution in [3.8, 4) is 28.1 Å². The number of hydrogen-bond donors (Lipinski definition) is 1. The third kappa shape index (κ3) is 5.72. The van der Waals surface area contributed by atoms with Gasteiger partial charge >= 0.3 is 0 Å². The van der Waals surface area contributed by atoms with Crippen molar-refractivity contribution >= 4 is 16.9 Å². The summed E-state index contributed by atoms with van der Waals surface area (Å²) in [6.07, 6.45) is 2.97. The first kappa shape index (κ1) is 26.4. The maximum absolute atomic E-state index is 13.4. The van der Waals surface area contributed by atoms with Gasteiger partial charge in [-0.05, 0) is 55.4 Å². The fourth-order valence-corrected chi connectivity index (χ4v) is 5.65. The minimum Gasteiger partial charge on any atom is -0.496 e. The molecule has 9 nitrogen and oxygen atoms in total. The molecule has 0 saturated carbocycles. The Balaban J connectivity index is 1.12. The number of nitrogens with one attached hydrogen (secondary N) is 1. The highest BCUT2D eigenvalue weighted by atomic mass is 16.5. The molecule has 2 aromatic heterocycles. The van der Waals surface area contributed by atoms with Crippen LogP contribution in [0.3, 0.4) is 0 Å². The van der Waals surface area contributed by atoms with E-state index in [0.717, 1.165) is 106 Å². The fraction of sp³-hybridized carbons (Fsp3) is 0.387. The average molecular weight is 541 g/mol. The van der Waals surface area contributed by atoms with Crippen LogP contribution in [0.25, 0.3) is 33.4 Å². The zero-order valence-corrected chi connectivity index (χ0v) is 23.0. The number of hydrogen-bond acceptors (Lipinski definition) is 7. The predicted molar refractivity (Wildman–Crippen MR) is 156 cm³/mol. The first-order valence-electron chi connectivity index (χ1n) is 14.1. The van der Waals surface area contributed by atoms with Crippen LogP contribution in [-0.2, 0) is 4.74 Å². The topological polar surface area (TPSA) is 86.8 Å². The largest absolute Gasteiger partial charge is 0.496 e. The lowest BCUT2D eigenvalue weighted by Gasteiger charge is -2.35. The lowest BCUT2D eigenvalue weighted by Crippen LogP contribution is -2.49. The predicted octanol–water partition coefficient (Wildman–Crippen LogP) is 3.78. The maximum atomic E-state index is 13.4. The van der Waals surface area contributed by atoms with Crippen LogP contribution in [0.1, 0.15) is 16.8 Å². The Kier molecular flexibility index (Phi) is 8.04. The number of H-pyrrole nitrogens is 1. The number of rotatable bonds is 8. The number of amides is 1. The first-order valence-corrected chi connectivity index (χ1v) is 14.1. The number of nitrogens with zero attached hydrogens (tertiary/aromatic N) is 5. The SMILES string of the molecule is COc1ccccc1-c1[nH]nc2ncc(-c3cccc(C(=O)N4CCN(CCCN5CCOCC5)CC4)c3)cc12. The second kappa shape index (κ2) is 12.2. The summed E-state index contributed by atoms with van der Waals surface area (Å²) < 4.78 is 11.0. The first-order chi connectivity index (χ1) is 19.7. The molecule has 40 heavy (non-hydrogen) atoms. The normalized spacial score (nSPS) is 16.9. The molecule has 0 bridgehead atoms. The number of aromatic amines is 1. The molecule has 2 saturated heterocycles. The smallest absolute Gasteiger partial charge is 0.253 e. The average Bonchev–Trinajstić information content (AvgIpc) is 3.45. The van der Waals surface area contributed by atoms with E-state index in [1.165, 1.54) is 0 Å². The summed E-state index contributed by atoms with van der Waals surface area (Å²) >= 11 is 0. The number of aromatic nitrogens is 3. The summed E-state index contributed by atoms with van der Waals surface area (Å²) in [7, 11) is 1.66. The standard InChI is InChI=1S/C31H36N6O3/c1-39-28-9-3-2-8-26(28)29-27-21-25(22-32-30(27)34-33-29)23-6-4-7-24(20-23)31(38)37-14-12-35(13-15-37)10-5-11-36-16-18-40-19-17-36/h2-4,6-9,20-22H,5,10-19H2,1H3,(H,32,33,34). The highest BCUT2D eigenvalue weighted by molar-refractivity contribution is 5.97. The van der Waals surface area contributed by atoms with Crippen LogP contribution in [0.2, 0.25) is 0 Å². The monoisotopic (exact) mass is 540 g/mol. The molecule has 0 atom stereocenters. The Hall–Kier alpha value is -3.79. The number of carbonyl (C=O) groups excluding carboxylic acids is 1. The third-order valence-corrected chi connectivity index (χ3v) is 7.94. The van der Waals surface area contributed by atoms with Crippen LogP contribution in [-0.4, -0.2) is 108 Å². The van der Waals surface area contributed by atoms with E-state index in [9.17, 15) is 4.79 Å². The molecular weight excluding hydrogens is 504 g/mol. The molecule has 1 N–H and O–H groups in total. The van der Waals surface area contributed by atoms with Gasteiger partial charge in [0.15, 0.2) is 5.65 Å². The van der Waals surface area contributed by atoms with Gasteiger partial charge in [-0.15, -0.1) is 0 Å². The number of ether oxygens (including phenoxy) is 2. The van der Waals surface area contributed by atoms with Crippen molar-refractivity contribution in [2.45, 2.75) is 6.42 Å². The van der Waals surface area contributed by atoms with Gasteiger partial charge in [0.05, 0.1) is 26.0 Å². The van der Waals surface area contributed by atoms with Crippen LogP contribution in [0, 0.1) is 0 Å². The number of methoxy groups -OCH3 is 1. The van der Waals surface area contributed by atoms with Crippen molar-refractivity contribution in [2.75, 3.05) is 72.7 Å². The number of para-hydroxylation sites is 1. The lowest BCUT2D eigenvalue weighted by molar-refractivity contribution is 0.0349. The van der Waals surface area contributed by atoms with E-state index in [0.29, 0.717) is 11.2 Å². The molecule has 0 spiro atoms. The van der Waals surface area contributed by atoms with Gasteiger partial charge in [-0.3, -0.25) is 19.7 Å². The van der Waals surface area contributed by atoms with Crippen molar-refractivity contribution in [2.24, 2.45) is 0 Å². The Morgan fingerprint density at radius 3 is 2.50 bits per heavy atom. The molecule has 0 aliphatic carbocycles. The van der Waals surface area contributed by atoms with Gasteiger partial charge in [-0.1, -0.05) is 24.3 Å². The second-order valence-corrected chi connectivity index (χ2v) is 10.4. The molecule has 6 rings (SSSR count). The second-order valence-electron chi connectivity index (χ2n) is 10.4.